The van der Waals surface area contributed by atoms with Gasteiger partial charge in [-0.1, -0.05) is 152 Å². The molecule has 0 aliphatic heterocycles. The lowest BCUT2D eigenvalue weighted by Crippen LogP contribution is -2.12. The minimum atomic E-state index is 0.874. The normalized spacial score (nSPS) is 11.5. The van der Waals surface area contributed by atoms with Crippen LogP contribution in [0.2, 0.25) is 0 Å². The largest absolute Gasteiger partial charge is 0.456 e. The summed E-state index contributed by atoms with van der Waals surface area (Å²) in [6, 6.07) is 67.4. The third-order valence-corrected chi connectivity index (χ3v) is 11.1. The number of hydrogen-bond acceptors (Lipinski definition) is 3. The summed E-state index contributed by atoms with van der Waals surface area (Å²) in [6.07, 6.45) is 0. The van der Waals surface area contributed by atoms with Gasteiger partial charge in [-0.3, -0.25) is 0 Å². The Kier molecular flexibility index (Phi) is 7.04. The second-order valence-corrected chi connectivity index (χ2v) is 13.9. The Labute approximate surface area is 300 Å². The molecule has 2 nitrogen and oxygen atoms in total. The number of furan rings is 1. The maximum atomic E-state index is 6.46. The monoisotopic (exact) mass is 669 g/mol. The van der Waals surface area contributed by atoms with E-state index in [0.29, 0.717) is 0 Å². The molecular formula is C48H31NOS. The van der Waals surface area contributed by atoms with Crippen LogP contribution in [-0.4, -0.2) is 0 Å². The van der Waals surface area contributed by atoms with Crippen LogP contribution in [-0.2, 0) is 0 Å². The van der Waals surface area contributed by atoms with Gasteiger partial charge in [0.15, 0.2) is 0 Å². The molecule has 3 heteroatoms. The Morgan fingerprint density at radius 1 is 0.392 bits per heavy atom. The molecule has 10 rings (SSSR count). The van der Waals surface area contributed by atoms with E-state index < -0.39 is 0 Å². The zero-order valence-corrected chi connectivity index (χ0v) is 28.5. The maximum Gasteiger partial charge on any atom is 0.137 e. The highest BCUT2D eigenvalue weighted by atomic mass is 32.1. The van der Waals surface area contributed by atoms with Gasteiger partial charge in [0.05, 0.1) is 21.5 Å². The summed E-state index contributed by atoms with van der Waals surface area (Å²) in [5.41, 5.74) is 12.2. The van der Waals surface area contributed by atoms with Gasteiger partial charge in [0.2, 0.25) is 0 Å². The quantitative estimate of drug-likeness (QED) is 0.175. The number of para-hydroxylation sites is 1. The van der Waals surface area contributed by atoms with Crippen LogP contribution in [0.5, 0.6) is 0 Å². The molecule has 2 heterocycles. The van der Waals surface area contributed by atoms with Crippen LogP contribution >= 0.6 is 11.3 Å². The molecule has 0 aliphatic rings. The molecular weight excluding hydrogens is 639 g/mol. The van der Waals surface area contributed by atoms with E-state index in [9.17, 15) is 0 Å². The van der Waals surface area contributed by atoms with Crippen LogP contribution in [0, 0.1) is 0 Å². The lowest BCUT2D eigenvalue weighted by molar-refractivity contribution is 0.669. The van der Waals surface area contributed by atoms with Crippen LogP contribution in [0.25, 0.3) is 75.5 Å². The van der Waals surface area contributed by atoms with Crippen molar-refractivity contribution in [3.8, 4) is 33.4 Å². The van der Waals surface area contributed by atoms with Crippen LogP contribution < -0.4 is 4.90 Å². The molecule has 10 aromatic rings. The van der Waals surface area contributed by atoms with Crippen molar-refractivity contribution in [2.75, 3.05) is 4.90 Å². The standard InChI is InChI=1S/C48H31NOS/c1-3-12-32(13-4-1)33-22-24-34(25-23-33)35-26-28-37(29-27-35)49(42-18-11-20-44-46(42)41-17-7-9-19-43(41)50-44)47-38(36-14-5-2-6-15-36)30-31-40-39-16-8-10-21-45(39)51-48(40)47/h1-31H. The predicted octanol–water partition coefficient (Wildman–Crippen LogP) is 14.4. The summed E-state index contributed by atoms with van der Waals surface area (Å²) in [7, 11) is 0. The summed E-state index contributed by atoms with van der Waals surface area (Å²) in [6.45, 7) is 0. The molecule has 0 amide bonds. The summed E-state index contributed by atoms with van der Waals surface area (Å²) < 4.78 is 8.99. The summed E-state index contributed by atoms with van der Waals surface area (Å²) in [4.78, 5) is 2.46. The fraction of sp³-hybridized carbons (Fsp3) is 0. The van der Waals surface area contributed by atoms with Gasteiger partial charge in [0.1, 0.15) is 11.2 Å². The van der Waals surface area contributed by atoms with Gasteiger partial charge in [-0.2, -0.15) is 0 Å². The minimum Gasteiger partial charge on any atom is -0.456 e. The van der Waals surface area contributed by atoms with E-state index in [1.807, 2.05) is 17.4 Å². The SMILES string of the molecule is c1ccc(-c2ccc(-c3ccc(N(c4c(-c5ccccc5)ccc5c4sc4ccccc45)c4cccc5oc6ccccc6c45)cc3)cc2)cc1. The zero-order chi connectivity index (χ0) is 33.7. The summed E-state index contributed by atoms with van der Waals surface area (Å²) in [5, 5.41) is 4.74. The first-order valence-electron chi connectivity index (χ1n) is 17.3. The maximum absolute atomic E-state index is 6.46. The number of benzene rings is 8. The molecule has 2 aromatic heterocycles. The van der Waals surface area contributed by atoms with Gasteiger partial charge in [0, 0.05) is 32.1 Å². The molecule has 0 radical (unpaired) electrons. The van der Waals surface area contributed by atoms with E-state index in [1.165, 1.54) is 53.6 Å². The molecule has 0 saturated heterocycles. The number of rotatable bonds is 6. The topological polar surface area (TPSA) is 16.4 Å². The van der Waals surface area contributed by atoms with Crippen molar-refractivity contribution in [3.63, 3.8) is 0 Å². The summed E-state index contributed by atoms with van der Waals surface area (Å²) >= 11 is 1.86. The van der Waals surface area contributed by atoms with E-state index in [0.717, 1.165) is 39.0 Å². The molecule has 0 fully saturated rings. The number of nitrogens with zero attached hydrogens (tertiary/aromatic N) is 1. The molecule has 0 spiro atoms. The van der Waals surface area contributed by atoms with Crippen molar-refractivity contribution in [1.29, 1.82) is 0 Å². The number of anilines is 3. The highest BCUT2D eigenvalue weighted by Gasteiger charge is 2.25. The molecule has 0 saturated carbocycles. The van der Waals surface area contributed by atoms with Gasteiger partial charge in [0.25, 0.3) is 0 Å². The lowest BCUT2D eigenvalue weighted by atomic mass is 9.98. The average Bonchev–Trinajstić information content (AvgIpc) is 3.78. The third-order valence-electron chi connectivity index (χ3n) is 9.90. The number of hydrogen-bond donors (Lipinski definition) is 0. The highest BCUT2D eigenvalue weighted by molar-refractivity contribution is 7.26. The second-order valence-electron chi connectivity index (χ2n) is 12.9. The van der Waals surface area contributed by atoms with E-state index >= 15 is 0 Å². The highest BCUT2D eigenvalue weighted by Crippen LogP contribution is 2.51. The van der Waals surface area contributed by atoms with E-state index in [-0.39, 0.29) is 0 Å². The van der Waals surface area contributed by atoms with Gasteiger partial charge in [-0.05, 0) is 64.2 Å². The molecule has 0 unspecified atom stereocenters. The first-order chi connectivity index (χ1) is 25.3. The Hall–Kier alpha value is -6.42. The zero-order valence-electron chi connectivity index (χ0n) is 27.7. The molecule has 8 aromatic carbocycles. The third kappa shape index (κ3) is 5.01. The second kappa shape index (κ2) is 12.2. The molecule has 51 heavy (non-hydrogen) atoms. The van der Waals surface area contributed by atoms with Gasteiger partial charge >= 0.3 is 0 Å². The van der Waals surface area contributed by atoms with Gasteiger partial charge < -0.3 is 9.32 Å². The van der Waals surface area contributed by atoms with Crippen molar-refractivity contribution in [3.05, 3.63) is 188 Å². The van der Waals surface area contributed by atoms with Crippen molar-refractivity contribution in [2.45, 2.75) is 0 Å². The molecule has 0 atom stereocenters. The van der Waals surface area contributed by atoms with Gasteiger partial charge in [-0.25, -0.2) is 0 Å². The van der Waals surface area contributed by atoms with Crippen molar-refractivity contribution < 1.29 is 4.42 Å². The minimum absolute atomic E-state index is 0.874. The first-order valence-corrected chi connectivity index (χ1v) is 18.1. The fourth-order valence-electron chi connectivity index (χ4n) is 7.47. The van der Waals surface area contributed by atoms with Crippen molar-refractivity contribution in [2.24, 2.45) is 0 Å². The number of thiophene rings is 1. The first kappa shape index (κ1) is 29.5. The van der Waals surface area contributed by atoms with Crippen molar-refractivity contribution in [1.82, 2.24) is 0 Å². The Morgan fingerprint density at radius 2 is 0.961 bits per heavy atom. The average molecular weight is 670 g/mol. The van der Waals surface area contributed by atoms with E-state index in [2.05, 4.69) is 187 Å². The van der Waals surface area contributed by atoms with Crippen LogP contribution in [0.3, 0.4) is 0 Å². The fourth-order valence-corrected chi connectivity index (χ4v) is 8.71. The Morgan fingerprint density at radius 3 is 1.69 bits per heavy atom. The molecule has 0 bridgehead atoms. The Balaban J connectivity index is 1.22. The summed E-state index contributed by atoms with van der Waals surface area (Å²) in [5.74, 6) is 0. The smallest absolute Gasteiger partial charge is 0.137 e. The van der Waals surface area contributed by atoms with Crippen LogP contribution in [0.15, 0.2) is 192 Å². The van der Waals surface area contributed by atoms with Crippen LogP contribution in [0.1, 0.15) is 0 Å². The van der Waals surface area contributed by atoms with Crippen LogP contribution in [0.4, 0.5) is 17.1 Å². The molecule has 0 aliphatic carbocycles. The van der Waals surface area contributed by atoms with E-state index in [1.54, 1.807) is 0 Å². The van der Waals surface area contributed by atoms with E-state index in [4.69, 9.17) is 4.42 Å². The molecule has 0 N–H and O–H groups in total. The molecule has 240 valence electrons. The number of fused-ring (bicyclic) bond motifs is 6. The lowest BCUT2D eigenvalue weighted by Gasteiger charge is -2.29. The van der Waals surface area contributed by atoms with Gasteiger partial charge in [-0.15, -0.1) is 11.3 Å². The van der Waals surface area contributed by atoms with Crippen molar-refractivity contribution >= 4 is 70.5 Å². The Bertz CT molecular complexity index is 2830. The predicted molar refractivity (Wildman–Crippen MR) is 218 cm³/mol.